The van der Waals surface area contributed by atoms with Crippen molar-refractivity contribution in [2.24, 2.45) is 0 Å². The van der Waals surface area contributed by atoms with E-state index < -0.39 is 0 Å². The smallest absolute Gasteiger partial charge is 0.268 e. The zero-order valence-corrected chi connectivity index (χ0v) is 10.7. The summed E-state index contributed by atoms with van der Waals surface area (Å²) in [6, 6.07) is 4.77. The number of aromatic nitrogens is 1. The molecule has 1 unspecified atom stereocenters. The quantitative estimate of drug-likeness (QED) is 0.797. The van der Waals surface area contributed by atoms with E-state index in [4.69, 9.17) is 0 Å². The third-order valence-corrected chi connectivity index (χ3v) is 3.69. The number of fused-ring (bicyclic) bond motifs is 3. The van der Waals surface area contributed by atoms with Gasteiger partial charge in [0.1, 0.15) is 11.5 Å². The van der Waals surface area contributed by atoms with E-state index in [9.17, 15) is 9.18 Å². The van der Waals surface area contributed by atoms with Crippen LogP contribution in [0.15, 0.2) is 22.7 Å². The highest BCUT2D eigenvalue weighted by Gasteiger charge is 2.25. The number of nitrogens with one attached hydrogen (secondary N) is 1. The van der Waals surface area contributed by atoms with Crippen LogP contribution >= 0.6 is 15.9 Å². The first-order chi connectivity index (χ1) is 8.08. The molecule has 0 fully saturated rings. The minimum Gasteiger partial charge on any atom is -0.349 e. The van der Waals surface area contributed by atoms with E-state index in [0.717, 1.165) is 10.9 Å². The lowest BCUT2D eigenvalue weighted by atomic mass is 10.2. The average Bonchev–Trinajstić information content (AvgIpc) is 2.64. The van der Waals surface area contributed by atoms with E-state index in [1.165, 1.54) is 12.1 Å². The number of hydrogen-bond donors (Lipinski definition) is 1. The lowest BCUT2D eigenvalue weighted by Gasteiger charge is -2.24. The Labute approximate surface area is 106 Å². The fraction of sp³-hybridized carbons (Fsp3) is 0.250. The minimum atomic E-state index is -0.305. The van der Waals surface area contributed by atoms with Gasteiger partial charge in [-0.2, -0.15) is 0 Å². The average molecular weight is 297 g/mol. The van der Waals surface area contributed by atoms with E-state index >= 15 is 0 Å². The second kappa shape index (κ2) is 3.57. The number of carbonyl (C=O) groups excluding carboxylic acids is 1. The van der Waals surface area contributed by atoms with Crippen LogP contribution in [0.4, 0.5) is 4.39 Å². The Kier molecular flexibility index (Phi) is 2.26. The summed E-state index contributed by atoms with van der Waals surface area (Å²) in [6.45, 7) is 2.62. The van der Waals surface area contributed by atoms with Crippen molar-refractivity contribution in [2.75, 3.05) is 6.54 Å². The van der Waals surface area contributed by atoms with E-state index in [-0.39, 0.29) is 17.8 Å². The van der Waals surface area contributed by atoms with Crippen molar-refractivity contribution in [3.8, 4) is 0 Å². The lowest BCUT2D eigenvalue weighted by molar-refractivity contribution is 0.0919. The van der Waals surface area contributed by atoms with Crippen LogP contribution in [-0.4, -0.2) is 17.0 Å². The molecule has 1 aliphatic rings. The van der Waals surface area contributed by atoms with Gasteiger partial charge in [-0.05, 0) is 41.1 Å². The molecule has 0 saturated carbocycles. The molecule has 0 radical (unpaired) electrons. The fourth-order valence-electron chi connectivity index (χ4n) is 2.34. The Hall–Kier alpha value is -1.36. The van der Waals surface area contributed by atoms with Gasteiger partial charge in [0.2, 0.25) is 0 Å². The van der Waals surface area contributed by atoms with Crippen LogP contribution in [0.2, 0.25) is 0 Å². The van der Waals surface area contributed by atoms with Gasteiger partial charge in [0, 0.05) is 22.4 Å². The largest absolute Gasteiger partial charge is 0.349 e. The van der Waals surface area contributed by atoms with Gasteiger partial charge >= 0.3 is 0 Å². The maximum atomic E-state index is 13.3. The summed E-state index contributed by atoms with van der Waals surface area (Å²) in [5.41, 5.74) is 1.47. The number of carbonyl (C=O) groups is 1. The van der Waals surface area contributed by atoms with Crippen LogP contribution in [0.25, 0.3) is 10.9 Å². The first kappa shape index (κ1) is 10.8. The second-order valence-electron chi connectivity index (χ2n) is 4.28. The van der Waals surface area contributed by atoms with Crippen LogP contribution in [-0.2, 0) is 0 Å². The summed E-state index contributed by atoms with van der Waals surface area (Å²) >= 11 is 3.36. The maximum Gasteiger partial charge on any atom is 0.268 e. The van der Waals surface area contributed by atoms with Gasteiger partial charge in [0.25, 0.3) is 5.91 Å². The summed E-state index contributed by atoms with van der Waals surface area (Å²) in [6.07, 6.45) is 0. The number of benzene rings is 1. The molecule has 1 amide bonds. The van der Waals surface area contributed by atoms with Gasteiger partial charge in [-0.25, -0.2) is 4.39 Å². The van der Waals surface area contributed by atoms with E-state index in [1.807, 2.05) is 11.5 Å². The molecule has 88 valence electrons. The van der Waals surface area contributed by atoms with Gasteiger partial charge in [0.05, 0.1) is 5.52 Å². The molecule has 1 atom stereocenters. The zero-order valence-electron chi connectivity index (χ0n) is 9.13. The molecule has 1 aromatic heterocycles. The van der Waals surface area contributed by atoms with Crippen molar-refractivity contribution in [3.05, 3.63) is 34.2 Å². The van der Waals surface area contributed by atoms with Gasteiger partial charge in [-0.3, -0.25) is 4.79 Å². The molecule has 3 rings (SSSR count). The highest BCUT2D eigenvalue weighted by Crippen LogP contribution is 2.32. The molecule has 17 heavy (non-hydrogen) atoms. The Morgan fingerprint density at radius 3 is 3.00 bits per heavy atom. The van der Waals surface area contributed by atoms with Gasteiger partial charge < -0.3 is 9.88 Å². The van der Waals surface area contributed by atoms with Crippen LogP contribution in [0.5, 0.6) is 0 Å². The van der Waals surface area contributed by atoms with Crippen molar-refractivity contribution in [3.63, 3.8) is 0 Å². The van der Waals surface area contributed by atoms with Crippen LogP contribution in [0, 0.1) is 5.82 Å². The SMILES string of the molecule is CC1CNC(=O)c2cc3cc(F)cc(Br)c3n21. The molecule has 1 aliphatic heterocycles. The summed E-state index contributed by atoms with van der Waals surface area (Å²) in [4.78, 5) is 11.8. The predicted molar refractivity (Wildman–Crippen MR) is 66.6 cm³/mol. The van der Waals surface area contributed by atoms with Gasteiger partial charge in [0.15, 0.2) is 0 Å². The normalized spacial score (nSPS) is 19.2. The highest BCUT2D eigenvalue weighted by atomic mass is 79.9. The summed E-state index contributed by atoms with van der Waals surface area (Å²) in [5.74, 6) is -0.410. The topological polar surface area (TPSA) is 34.0 Å². The molecule has 2 aromatic rings. The third-order valence-electron chi connectivity index (χ3n) is 3.08. The Morgan fingerprint density at radius 2 is 2.24 bits per heavy atom. The lowest BCUT2D eigenvalue weighted by Crippen LogP contribution is -2.37. The van der Waals surface area contributed by atoms with Gasteiger partial charge in [-0.1, -0.05) is 0 Å². The van der Waals surface area contributed by atoms with E-state index in [2.05, 4.69) is 21.2 Å². The number of nitrogens with zero attached hydrogens (tertiary/aromatic N) is 1. The fourth-order valence-corrected chi connectivity index (χ4v) is 2.98. The molecule has 0 saturated heterocycles. The minimum absolute atomic E-state index is 0.105. The van der Waals surface area contributed by atoms with Crippen LogP contribution in [0.1, 0.15) is 23.5 Å². The number of amides is 1. The molecule has 5 heteroatoms. The molecule has 3 nitrogen and oxygen atoms in total. The Morgan fingerprint density at radius 1 is 1.47 bits per heavy atom. The standard InChI is InChI=1S/C12H10BrFN2O/c1-6-5-15-12(17)10-3-7-2-8(14)4-9(13)11(7)16(6)10/h2-4,6H,5H2,1H3,(H,15,17). The predicted octanol–water partition coefficient (Wildman–Crippen LogP) is 2.85. The first-order valence-corrected chi connectivity index (χ1v) is 6.15. The molecule has 0 bridgehead atoms. The number of halogens is 2. The van der Waals surface area contributed by atoms with Crippen LogP contribution in [0.3, 0.4) is 0 Å². The van der Waals surface area contributed by atoms with Crippen molar-refractivity contribution < 1.29 is 9.18 Å². The molecule has 1 aromatic carbocycles. The van der Waals surface area contributed by atoms with E-state index in [0.29, 0.717) is 16.7 Å². The molecular weight excluding hydrogens is 287 g/mol. The molecular formula is C12H10BrFN2O. The number of hydrogen-bond acceptors (Lipinski definition) is 1. The Bertz CT molecular complexity index is 635. The van der Waals surface area contributed by atoms with Crippen molar-refractivity contribution in [1.29, 1.82) is 0 Å². The van der Waals surface area contributed by atoms with Crippen LogP contribution < -0.4 is 5.32 Å². The first-order valence-electron chi connectivity index (χ1n) is 5.36. The maximum absolute atomic E-state index is 13.3. The monoisotopic (exact) mass is 296 g/mol. The van der Waals surface area contributed by atoms with Crippen molar-refractivity contribution in [2.45, 2.75) is 13.0 Å². The third kappa shape index (κ3) is 1.49. The highest BCUT2D eigenvalue weighted by molar-refractivity contribution is 9.10. The van der Waals surface area contributed by atoms with Crippen molar-refractivity contribution in [1.82, 2.24) is 9.88 Å². The molecule has 0 spiro atoms. The molecule has 2 heterocycles. The summed E-state index contributed by atoms with van der Waals surface area (Å²) < 4.78 is 16.0. The number of rotatable bonds is 0. The summed E-state index contributed by atoms with van der Waals surface area (Å²) in [7, 11) is 0. The molecule has 0 aliphatic carbocycles. The Balaban J connectivity index is 2.42. The summed E-state index contributed by atoms with van der Waals surface area (Å²) in [5, 5.41) is 3.56. The second-order valence-corrected chi connectivity index (χ2v) is 5.14. The van der Waals surface area contributed by atoms with E-state index in [1.54, 1.807) is 6.07 Å². The zero-order chi connectivity index (χ0) is 12.2. The van der Waals surface area contributed by atoms with Crippen molar-refractivity contribution >= 4 is 32.7 Å². The molecule has 1 N–H and O–H groups in total. The van der Waals surface area contributed by atoms with Gasteiger partial charge in [-0.15, -0.1) is 0 Å².